The molecule has 3 heterocycles. The van der Waals surface area contributed by atoms with Gasteiger partial charge in [-0.25, -0.2) is 0 Å². The number of benzene rings is 9. The third kappa shape index (κ3) is 4.66. The van der Waals surface area contributed by atoms with Gasteiger partial charge in [0.1, 0.15) is 27.9 Å². The van der Waals surface area contributed by atoms with Gasteiger partial charge in [0.05, 0.1) is 11.4 Å². The van der Waals surface area contributed by atoms with Crippen molar-refractivity contribution in [2.24, 2.45) is 0 Å². The van der Waals surface area contributed by atoms with E-state index in [1.54, 1.807) is 0 Å². The van der Waals surface area contributed by atoms with Gasteiger partial charge in [0.25, 0.3) is 0 Å². The number of hydrogen-bond acceptors (Lipinski definition) is 4. The summed E-state index contributed by atoms with van der Waals surface area (Å²) in [4.78, 5) is 2.34. The molecule has 0 aliphatic rings. The van der Waals surface area contributed by atoms with Crippen LogP contribution in [0.15, 0.2) is 201 Å². The SMILES string of the molecule is c1ccc(N(c2ccc(-c3ccc4oc5ccccc5c4c3)cc2)c2cccc3c2oc2ccccc23)c(-c2ccc3oc4c5ccccc5ccc4c3c2)c1. The quantitative estimate of drug-likeness (QED) is 0.178. The Labute approximate surface area is 321 Å². The lowest BCUT2D eigenvalue weighted by Crippen LogP contribution is -2.11. The van der Waals surface area contributed by atoms with Crippen molar-refractivity contribution in [1.29, 1.82) is 0 Å². The molecule has 0 aliphatic heterocycles. The second-order valence-electron chi connectivity index (χ2n) is 14.4. The summed E-state index contributed by atoms with van der Waals surface area (Å²) in [5.41, 5.74) is 12.8. The van der Waals surface area contributed by atoms with E-state index in [1.165, 1.54) is 5.39 Å². The summed E-state index contributed by atoms with van der Waals surface area (Å²) in [6, 6.07) is 66.2. The fraction of sp³-hybridized carbons (Fsp3) is 0. The molecular formula is C52H31NO3. The maximum absolute atomic E-state index is 6.68. The molecule has 9 aromatic carbocycles. The summed E-state index contributed by atoms with van der Waals surface area (Å²) in [5.74, 6) is 0. The topological polar surface area (TPSA) is 42.7 Å². The molecule has 0 atom stereocenters. The molecule has 12 aromatic rings. The number of furan rings is 3. The van der Waals surface area contributed by atoms with Gasteiger partial charge in [-0.2, -0.15) is 0 Å². The molecule has 0 spiro atoms. The molecule has 3 aromatic heterocycles. The molecule has 4 heteroatoms. The highest BCUT2D eigenvalue weighted by Gasteiger charge is 2.23. The van der Waals surface area contributed by atoms with E-state index < -0.39 is 0 Å². The Morgan fingerprint density at radius 3 is 1.71 bits per heavy atom. The molecule has 0 saturated carbocycles. The van der Waals surface area contributed by atoms with E-state index in [1.807, 2.05) is 24.3 Å². The Kier molecular flexibility index (Phi) is 6.60. The average Bonchev–Trinajstić information content (AvgIpc) is 3.96. The number of hydrogen-bond donors (Lipinski definition) is 0. The van der Waals surface area contributed by atoms with Crippen LogP contribution in [-0.4, -0.2) is 0 Å². The largest absolute Gasteiger partial charge is 0.456 e. The van der Waals surface area contributed by atoms with Crippen LogP contribution in [-0.2, 0) is 0 Å². The first kappa shape index (κ1) is 30.9. The Hall–Kier alpha value is -7.56. The van der Waals surface area contributed by atoms with Gasteiger partial charge < -0.3 is 18.2 Å². The first-order valence-electron chi connectivity index (χ1n) is 18.9. The third-order valence-corrected chi connectivity index (χ3v) is 11.3. The highest BCUT2D eigenvalue weighted by molar-refractivity contribution is 6.16. The number of fused-ring (bicyclic) bond motifs is 11. The zero-order valence-corrected chi connectivity index (χ0v) is 30.1. The Balaban J connectivity index is 1.04. The van der Waals surface area contributed by atoms with Gasteiger partial charge in [0.15, 0.2) is 5.58 Å². The van der Waals surface area contributed by atoms with Gasteiger partial charge >= 0.3 is 0 Å². The van der Waals surface area contributed by atoms with Crippen LogP contribution in [0.4, 0.5) is 17.1 Å². The summed E-state index contributed by atoms with van der Waals surface area (Å²) in [7, 11) is 0. The lowest BCUT2D eigenvalue weighted by molar-refractivity contribution is 0.668. The van der Waals surface area contributed by atoms with Crippen molar-refractivity contribution in [2.45, 2.75) is 0 Å². The lowest BCUT2D eigenvalue weighted by atomic mass is 9.98. The van der Waals surface area contributed by atoms with Crippen LogP contribution in [0.25, 0.3) is 98.8 Å². The standard InChI is InChI=1S/C52H31NO3/c1-2-12-38-33(10-1)22-27-42-44-31-35(24-29-50(44)55-51(38)42)37-11-3-6-16-45(37)53(46-17-9-15-41-39-13-4-8-19-48(39)56-52(41)46)36-25-20-32(21-26-36)34-23-28-49-43(30-34)40-14-5-7-18-47(40)54-49/h1-31H. The minimum Gasteiger partial charge on any atom is -0.456 e. The highest BCUT2D eigenvalue weighted by atomic mass is 16.3. The van der Waals surface area contributed by atoms with Crippen LogP contribution >= 0.6 is 0 Å². The van der Waals surface area contributed by atoms with Gasteiger partial charge in [0.2, 0.25) is 0 Å². The Morgan fingerprint density at radius 2 is 0.857 bits per heavy atom. The van der Waals surface area contributed by atoms with Crippen molar-refractivity contribution in [3.63, 3.8) is 0 Å². The van der Waals surface area contributed by atoms with Crippen molar-refractivity contribution in [2.75, 3.05) is 4.90 Å². The zero-order valence-electron chi connectivity index (χ0n) is 30.1. The number of anilines is 3. The molecule has 0 radical (unpaired) electrons. The molecule has 12 rings (SSSR count). The molecular weight excluding hydrogens is 687 g/mol. The first-order chi connectivity index (χ1) is 27.7. The van der Waals surface area contributed by atoms with Crippen LogP contribution in [0.3, 0.4) is 0 Å². The van der Waals surface area contributed by atoms with E-state index >= 15 is 0 Å². The van der Waals surface area contributed by atoms with E-state index in [2.05, 4.69) is 169 Å². The van der Waals surface area contributed by atoms with Crippen LogP contribution in [0, 0.1) is 0 Å². The van der Waals surface area contributed by atoms with Crippen molar-refractivity contribution < 1.29 is 13.3 Å². The van der Waals surface area contributed by atoms with E-state index in [-0.39, 0.29) is 0 Å². The summed E-state index contributed by atoms with van der Waals surface area (Å²) >= 11 is 0. The maximum Gasteiger partial charge on any atom is 0.159 e. The van der Waals surface area contributed by atoms with E-state index in [0.29, 0.717) is 0 Å². The van der Waals surface area contributed by atoms with Gasteiger partial charge in [-0.05, 0) is 88.8 Å². The minimum atomic E-state index is 0.841. The fourth-order valence-corrected chi connectivity index (χ4v) is 8.61. The number of nitrogens with zero attached hydrogens (tertiary/aromatic N) is 1. The highest BCUT2D eigenvalue weighted by Crippen LogP contribution is 2.46. The van der Waals surface area contributed by atoms with Gasteiger partial charge in [-0.3, -0.25) is 0 Å². The first-order valence-corrected chi connectivity index (χ1v) is 18.9. The molecule has 0 fully saturated rings. The molecule has 0 aliphatic carbocycles. The molecule has 56 heavy (non-hydrogen) atoms. The summed E-state index contributed by atoms with van der Waals surface area (Å²) in [6.45, 7) is 0. The third-order valence-electron chi connectivity index (χ3n) is 11.3. The Bertz CT molecular complexity index is 3490. The molecule has 4 nitrogen and oxygen atoms in total. The maximum atomic E-state index is 6.68. The fourth-order valence-electron chi connectivity index (χ4n) is 8.61. The van der Waals surface area contributed by atoms with Gasteiger partial charge in [0, 0.05) is 49.0 Å². The minimum absolute atomic E-state index is 0.841. The number of rotatable bonds is 5. The summed E-state index contributed by atoms with van der Waals surface area (Å²) in [5, 5.41) is 8.91. The van der Waals surface area contributed by atoms with Crippen molar-refractivity contribution in [3.05, 3.63) is 188 Å². The predicted octanol–water partition coefficient (Wildman–Crippen LogP) is 15.3. The predicted molar refractivity (Wildman–Crippen MR) is 231 cm³/mol. The van der Waals surface area contributed by atoms with E-state index in [0.717, 1.165) is 111 Å². The second kappa shape index (κ2) is 12.0. The molecule has 0 amide bonds. The lowest BCUT2D eigenvalue weighted by Gasteiger charge is -2.28. The van der Waals surface area contributed by atoms with Gasteiger partial charge in [-0.15, -0.1) is 0 Å². The van der Waals surface area contributed by atoms with Crippen molar-refractivity contribution in [3.8, 4) is 22.3 Å². The smallest absolute Gasteiger partial charge is 0.159 e. The number of para-hydroxylation sites is 4. The molecule has 262 valence electrons. The molecule has 0 N–H and O–H groups in total. The monoisotopic (exact) mass is 717 g/mol. The van der Waals surface area contributed by atoms with Crippen LogP contribution < -0.4 is 4.90 Å². The van der Waals surface area contributed by atoms with Crippen molar-refractivity contribution in [1.82, 2.24) is 0 Å². The summed E-state index contributed by atoms with van der Waals surface area (Å²) in [6.07, 6.45) is 0. The van der Waals surface area contributed by atoms with Crippen LogP contribution in [0.1, 0.15) is 0 Å². The van der Waals surface area contributed by atoms with Crippen LogP contribution in [0.2, 0.25) is 0 Å². The zero-order chi connectivity index (χ0) is 36.7. The molecule has 0 bridgehead atoms. The van der Waals surface area contributed by atoms with Gasteiger partial charge in [-0.1, -0.05) is 121 Å². The van der Waals surface area contributed by atoms with E-state index in [9.17, 15) is 0 Å². The van der Waals surface area contributed by atoms with Crippen molar-refractivity contribution >= 4 is 93.7 Å². The summed E-state index contributed by atoms with van der Waals surface area (Å²) < 4.78 is 19.3. The second-order valence-corrected chi connectivity index (χ2v) is 14.4. The van der Waals surface area contributed by atoms with Crippen LogP contribution in [0.5, 0.6) is 0 Å². The molecule has 0 unspecified atom stereocenters. The average molecular weight is 718 g/mol. The Morgan fingerprint density at radius 1 is 0.304 bits per heavy atom. The molecule has 0 saturated heterocycles. The normalized spacial score (nSPS) is 11.9. The van der Waals surface area contributed by atoms with E-state index in [4.69, 9.17) is 13.3 Å².